The van der Waals surface area contributed by atoms with Gasteiger partial charge < -0.3 is 4.90 Å². The molecule has 1 atom stereocenters. The van der Waals surface area contributed by atoms with E-state index >= 15 is 0 Å². The molecule has 0 radical (unpaired) electrons. The van der Waals surface area contributed by atoms with Gasteiger partial charge in [0.2, 0.25) is 5.91 Å². The van der Waals surface area contributed by atoms with Crippen LogP contribution < -0.4 is 0 Å². The molecule has 1 fully saturated rings. The SMILES string of the molecule is Cc1ccnc(C2CCN(C(=O)Cc3ccc(C)s3)C2)n1. The molecule has 1 amide bonds. The van der Waals surface area contributed by atoms with Gasteiger partial charge in [-0.3, -0.25) is 4.79 Å². The van der Waals surface area contributed by atoms with Crippen molar-refractivity contribution in [2.24, 2.45) is 0 Å². The van der Waals surface area contributed by atoms with Gasteiger partial charge in [-0.25, -0.2) is 9.97 Å². The van der Waals surface area contributed by atoms with Crippen molar-refractivity contribution < 1.29 is 4.79 Å². The fourth-order valence-electron chi connectivity index (χ4n) is 2.70. The van der Waals surface area contributed by atoms with Crippen LogP contribution in [0.1, 0.15) is 33.6 Å². The first-order chi connectivity index (χ1) is 10.1. The maximum Gasteiger partial charge on any atom is 0.227 e. The number of carbonyl (C=O) groups is 1. The molecular weight excluding hydrogens is 282 g/mol. The van der Waals surface area contributed by atoms with Crippen LogP contribution in [0.4, 0.5) is 0 Å². The molecule has 0 N–H and O–H groups in total. The van der Waals surface area contributed by atoms with Crippen LogP contribution in [-0.2, 0) is 11.2 Å². The second-order valence-electron chi connectivity index (χ2n) is 5.57. The lowest BCUT2D eigenvalue weighted by molar-refractivity contribution is -0.129. The fourth-order valence-corrected chi connectivity index (χ4v) is 3.58. The van der Waals surface area contributed by atoms with Gasteiger partial charge in [0.1, 0.15) is 5.82 Å². The van der Waals surface area contributed by atoms with Crippen molar-refractivity contribution >= 4 is 17.2 Å². The molecule has 0 aliphatic carbocycles. The Labute approximate surface area is 128 Å². The third-order valence-corrected chi connectivity index (χ3v) is 4.84. The summed E-state index contributed by atoms with van der Waals surface area (Å²) in [6, 6.07) is 6.02. The Morgan fingerprint density at radius 1 is 1.38 bits per heavy atom. The maximum atomic E-state index is 12.4. The molecule has 21 heavy (non-hydrogen) atoms. The molecular formula is C16H19N3OS. The molecule has 5 heteroatoms. The molecule has 0 spiro atoms. The van der Waals surface area contributed by atoms with Crippen LogP contribution in [0, 0.1) is 13.8 Å². The molecule has 1 unspecified atom stereocenters. The minimum absolute atomic E-state index is 0.215. The van der Waals surface area contributed by atoms with Crippen molar-refractivity contribution in [1.82, 2.24) is 14.9 Å². The van der Waals surface area contributed by atoms with Gasteiger partial charge in [-0.05, 0) is 38.5 Å². The lowest BCUT2D eigenvalue weighted by Crippen LogP contribution is -2.29. The number of aryl methyl sites for hydroxylation is 2. The Bertz CT molecular complexity index is 652. The maximum absolute atomic E-state index is 12.4. The van der Waals surface area contributed by atoms with E-state index in [1.54, 1.807) is 17.5 Å². The number of nitrogens with zero attached hydrogens (tertiary/aromatic N) is 3. The summed E-state index contributed by atoms with van der Waals surface area (Å²) in [6.45, 7) is 5.60. The zero-order valence-electron chi connectivity index (χ0n) is 12.4. The van der Waals surface area contributed by atoms with Crippen LogP contribution >= 0.6 is 11.3 Å². The monoisotopic (exact) mass is 301 g/mol. The summed E-state index contributed by atoms with van der Waals surface area (Å²) in [5, 5.41) is 0. The van der Waals surface area contributed by atoms with Gasteiger partial charge in [0.25, 0.3) is 0 Å². The second kappa shape index (κ2) is 5.93. The molecule has 110 valence electrons. The van der Waals surface area contributed by atoms with Gasteiger partial charge in [0.15, 0.2) is 0 Å². The van der Waals surface area contributed by atoms with Crippen LogP contribution in [0.5, 0.6) is 0 Å². The molecule has 4 nitrogen and oxygen atoms in total. The zero-order chi connectivity index (χ0) is 14.8. The quantitative estimate of drug-likeness (QED) is 0.875. The predicted octanol–water partition coefficient (Wildman–Crippen LogP) is 2.71. The van der Waals surface area contributed by atoms with E-state index in [2.05, 4.69) is 29.0 Å². The first-order valence-corrected chi connectivity index (χ1v) is 8.06. The smallest absolute Gasteiger partial charge is 0.227 e. The summed E-state index contributed by atoms with van der Waals surface area (Å²) in [5.41, 5.74) is 0.985. The minimum Gasteiger partial charge on any atom is -0.342 e. The number of aromatic nitrogens is 2. The average Bonchev–Trinajstić information content (AvgIpc) is 3.08. The van der Waals surface area contributed by atoms with Crippen LogP contribution in [0.3, 0.4) is 0 Å². The van der Waals surface area contributed by atoms with Crippen LogP contribution in [0.2, 0.25) is 0 Å². The Hall–Kier alpha value is -1.75. The molecule has 2 aromatic heterocycles. The zero-order valence-corrected chi connectivity index (χ0v) is 13.2. The lowest BCUT2D eigenvalue weighted by atomic mass is 10.1. The number of thiophene rings is 1. The largest absolute Gasteiger partial charge is 0.342 e. The highest BCUT2D eigenvalue weighted by Crippen LogP contribution is 2.25. The molecule has 1 aliphatic rings. The van der Waals surface area contributed by atoms with Crippen molar-refractivity contribution in [3.8, 4) is 0 Å². The van der Waals surface area contributed by atoms with E-state index in [1.807, 2.05) is 17.9 Å². The second-order valence-corrected chi connectivity index (χ2v) is 6.94. The first kappa shape index (κ1) is 14.2. The molecule has 2 aromatic rings. The summed E-state index contributed by atoms with van der Waals surface area (Å²) in [5.74, 6) is 1.36. The van der Waals surface area contributed by atoms with Gasteiger partial charge in [-0.2, -0.15) is 0 Å². The predicted molar refractivity (Wildman–Crippen MR) is 83.5 cm³/mol. The minimum atomic E-state index is 0.215. The topological polar surface area (TPSA) is 46.1 Å². The van der Waals surface area contributed by atoms with E-state index in [1.165, 1.54) is 4.88 Å². The number of hydrogen-bond donors (Lipinski definition) is 0. The number of likely N-dealkylation sites (tertiary alicyclic amines) is 1. The van der Waals surface area contributed by atoms with E-state index in [0.29, 0.717) is 6.42 Å². The molecule has 0 saturated carbocycles. The van der Waals surface area contributed by atoms with Crippen LogP contribution in [0.15, 0.2) is 24.4 Å². The Morgan fingerprint density at radius 3 is 2.95 bits per heavy atom. The molecule has 3 rings (SSSR count). The highest BCUT2D eigenvalue weighted by atomic mass is 32.1. The highest BCUT2D eigenvalue weighted by Gasteiger charge is 2.29. The molecule has 0 aromatic carbocycles. The van der Waals surface area contributed by atoms with Crippen molar-refractivity contribution in [1.29, 1.82) is 0 Å². The van der Waals surface area contributed by atoms with Crippen molar-refractivity contribution in [3.63, 3.8) is 0 Å². The number of amides is 1. The van der Waals surface area contributed by atoms with Gasteiger partial charge in [-0.15, -0.1) is 11.3 Å². The first-order valence-electron chi connectivity index (χ1n) is 7.24. The van der Waals surface area contributed by atoms with E-state index in [0.717, 1.165) is 35.9 Å². The third-order valence-electron chi connectivity index (χ3n) is 3.84. The highest BCUT2D eigenvalue weighted by molar-refractivity contribution is 7.12. The van der Waals surface area contributed by atoms with Crippen LogP contribution in [-0.4, -0.2) is 33.9 Å². The molecule has 0 bridgehead atoms. The van der Waals surface area contributed by atoms with E-state index in [4.69, 9.17) is 0 Å². The Balaban J connectivity index is 1.62. The summed E-state index contributed by atoms with van der Waals surface area (Å²) in [4.78, 5) is 25.6. The number of hydrogen-bond acceptors (Lipinski definition) is 4. The number of rotatable bonds is 3. The Kier molecular flexibility index (Phi) is 4.01. The van der Waals surface area contributed by atoms with Gasteiger partial charge >= 0.3 is 0 Å². The average molecular weight is 301 g/mol. The van der Waals surface area contributed by atoms with Crippen LogP contribution in [0.25, 0.3) is 0 Å². The summed E-state index contributed by atoms with van der Waals surface area (Å²) < 4.78 is 0. The molecule has 1 saturated heterocycles. The van der Waals surface area contributed by atoms with Crippen molar-refractivity contribution in [2.75, 3.05) is 13.1 Å². The number of carbonyl (C=O) groups excluding carboxylic acids is 1. The van der Waals surface area contributed by atoms with Crippen molar-refractivity contribution in [3.05, 3.63) is 45.7 Å². The third kappa shape index (κ3) is 3.29. The van der Waals surface area contributed by atoms with Crippen molar-refractivity contribution in [2.45, 2.75) is 32.6 Å². The molecule has 1 aliphatic heterocycles. The van der Waals surface area contributed by atoms with E-state index in [-0.39, 0.29) is 11.8 Å². The van der Waals surface area contributed by atoms with E-state index in [9.17, 15) is 4.79 Å². The summed E-state index contributed by atoms with van der Waals surface area (Å²) in [6.07, 6.45) is 3.27. The van der Waals surface area contributed by atoms with Gasteiger partial charge in [0.05, 0.1) is 6.42 Å². The van der Waals surface area contributed by atoms with Gasteiger partial charge in [0, 0.05) is 40.7 Å². The summed E-state index contributed by atoms with van der Waals surface area (Å²) >= 11 is 1.70. The Morgan fingerprint density at radius 2 is 2.24 bits per heavy atom. The lowest BCUT2D eigenvalue weighted by Gasteiger charge is -2.15. The molecule has 3 heterocycles. The van der Waals surface area contributed by atoms with Gasteiger partial charge in [-0.1, -0.05) is 0 Å². The summed E-state index contributed by atoms with van der Waals surface area (Å²) in [7, 11) is 0. The normalized spacial score (nSPS) is 18.2. The standard InChI is InChI=1S/C16H19N3OS/c1-11-5-7-17-16(18-11)13-6-8-19(10-13)15(20)9-14-4-3-12(2)21-14/h3-5,7,13H,6,8-10H2,1-2H3. The fraction of sp³-hybridized carbons (Fsp3) is 0.438. The van der Waals surface area contributed by atoms with E-state index < -0.39 is 0 Å².